The molecule has 0 aromatic heterocycles. The minimum Gasteiger partial charge on any atom is -0.387 e. The smallest absolute Gasteiger partial charge is 0.236 e. The van der Waals surface area contributed by atoms with Crippen LogP contribution >= 0.6 is 0 Å². The number of fused-ring (bicyclic) bond motifs is 1. The van der Waals surface area contributed by atoms with Crippen LogP contribution in [-0.2, 0) is 10.0 Å². The number of sulfonamides is 1. The first-order valence-corrected chi connectivity index (χ1v) is 9.72. The molecule has 2 aliphatic heterocycles. The fourth-order valence-corrected chi connectivity index (χ4v) is 5.75. The van der Waals surface area contributed by atoms with Crippen LogP contribution in [0.5, 0.6) is 0 Å². The largest absolute Gasteiger partial charge is 0.387 e. The van der Waals surface area contributed by atoms with Gasteiger partial charge in [-0.25, -0.2) is 13.1 Å². The summed E-state index contributed by atoms with van der Waals surface area (Å²) in [5.41, 5.74) is 2.24. The van der Waals surface area contributed by atoms with Crippen molar-refractivity contribution in [1.29, 1.82) is 0 Å². The molecule has 2 heterocycles. The predicted octanol–water partition coefficient (Wildman–Crippen LogP) is 1.93. The maximum Gasteiger partial charge on any atom is 0.236 e. The maximum atomic E-state index is 13.0. The first-order chi connectivity index (χ1) is 10.6. The summed E-state index contributed by atoms with van der Waals surface area (Å²) < 4.78 is 29.0. The standard InChI is InChI=1S/C16H23N3O2S/c20-22(21,18-14-5-1-2-6-14)16(8-9-16)19-11-3-4-13-12-17-10-7-15(13)19/h3,7,11-12,14,17-18H,1-2,4-6,8-10H2. The Bertz CT molecular complexity index is 653. The van der Waals surface area contributed by atoms with Crippen LogP contribution in [0.4, 0.5) is 0 Å². The van der Waals surface area contributed by atoms with Gasteiger partial charge in [-0.15, -0.1) is 0 Å². The fraction of sp³-hybridized carbons (Fsp3) is 0.625. The summed E-state index contributed by atoms with van der Waals surface area (Å²) in [6.07, 6.45) is 14.6. The van der Waals surface area contributed by atoms with Gasteiger partial charge in [-0.1, -0.05) is 18.9 Å². The molecule has 0 atom stereocenters. The monoisotopic (exact) mass is 321 g/mol. The lowest BCUT2D eigenvalue weighted by molar-refractivity contribution is 0.381. The van der Waals surface area contributed by atoms with Crippen LogP contribution < -0.4 is 10.0 Å². The van der Waals surface area contributed by atoms with Crippen LogP contribution in [0, 0.1) is 0 Å². The van der Waals surface area contributed by atoms with Gasteiger partial charge in [-0.05, 0) is 43.8 Å². The maximum absolute atomic E-state index is 13.0. The SMILES string of the molecule is O=S(=O)(NC1CCCC1)C1(N2C=CCC3=CNCC=C32)CC1. The van der Waals surface area contributed by atoms with Gasteiger partial charge in [0.05, 0.1) is 0 Å². The molecule has 5 nitrogen and oxygen atoms in total. The van der Waals surface area contributed by atoms with E-state index in [0.717, 1.165) is 44.3 Å². The van der Waals surface area contributed by atoms with Gasteiger partial charge in [0.25, 0.3) is 0 Å². The van der Waals surface area contributed by atoms with Gasteiger partial charge in [0.2, 0.25) is 10.0 Å². The van der Waals surface area contributed by atoms with E-state index >= 15 is 0 Å². The normalized spacial score (nSPS) is 27.0. The van der Waals surface area contributed by atoms with Gasteiger partial charge in [0, 0.05) is 30.7 Å². The number of nitrogens with one attached hydrogen (secondary N) is 2. The zero-order valence-corrected chi connectivity index (χ0v) is 13.5. The van der Waals surface area contributed by atoms with Crippen molar-refractivity contribution in [1.82, 2.24) is 14.9 Å². The summed E-state index contributed by atoms with van der Waals surface area (Å²) in [5.74, 6) is 0. The molecule has 6 heteroatoms. The van der Waals surface area contributed by atoms with Crippen molar-refractivity contribution in [2.45, 2.75) is 55.9 Å². The molecule has 2 N–H and O–H groups in total. The summed E-state index contributed by atoms with van der Waals surface area (Å²) >= 11 is 0. The summed E-state index contributed by atoms with van der Waals surface area (Å²) in [5, 5.41) is 3.21. The van der Waals surface area contributed by atoms with E-state index in [-0.39, 0.29) is 6.04 Å². The molecule has 0 radical (unpaired) electrons. The van der Waals surface area contributed by atoms with E-state index in [1.165, 1.54) is 5.57 Å². The van der Waals surface area contributed by atoms with Crippen LogP contribution in [-0.4, -0.2) is 30.8 Å². The highest BCUT2D eigenvalue weighted by Gasteiger charge is 2.60. The Hall–Kier alpha value is -1.27. The highest BCUT2D eigenvalue weighted by atomic mass is 32.2. The lowest BCUT2D eigenvalue weighted by atomic mass is 10.0. The molecule has 0 bridgehead atoms. The van der Waals surface area contributed by atoms with Crippen molar-refractivity contribution >= 4 is 10.0 Å². The first-order valence-electron chi connectivity index (χ1n) is 8.23. The molecule has 2 saturated carbocycles. The fourth-order valence-electron chi connectivity index (χ4n) is 3.80. The quantitative estimate of drug-likeness (QED) is 0.830. The molecule has 2 fully saturated rings. The van der Waals surface area contributed by atoms with E-state index in [9.17, 15) is 8.42 Å². The van der Waals surface area contributed by atoms with Crippen LogP contribution in [0.3, 0.4) is 0 Å². The molecule has 0 aromatic rings. The average molecular weight is 321 g/mol. The molecule has 22 heavy (non-hydrogen) atoms. The summed E-state index contributed by atoms with van der Waals surface area (Å²) in [4.78, 5) is 1.23. The molecule has 0 unspecified atom stereocenters. The Morgan fingerprint density at radius 2 is 2.05 bits per heavy atom. The number of rotatable bonds is 4. The number of nitrogens with zero attached hydrogens (tertiary/aromatic N) is 1. The lowest BCUT2D eigenvalue weighted by Crippen LogP contribution is -2.49. The second-order valence-electron chi connectivity index (χ2n) is 6.67. The average Bonchev–Trinajstić information content (AvgIpc) is 3.20. The zero-order valence-electron chi connectivity index (χ0n) is 12.7. The summed E-state index contributed by atoms with van der Waals surface area (Å²) in [6.45, 7) is 0.759. The summed E-state index contributed by atoms with van der Waals surface area (Å²) in [6, 6.07) is 0.133. The number of hydrogen-bond acceptors (Lipinski definition) is 4. The third-order valence-electron chi connectivity index (χ3n) is 5.16. The van der Waals surface area contributed by atoms with Crippen molar-refractivity contribution in [2.75, 3.05) is 6.54 Å². The van der Waals surface area contributed by atoms with E-state index in [1.54, 1.807) is 0 Å². The van der Waals surface area contributed by atoms with Crippen molar-refractivity contribution in [3.63, 3.8) is 0 Å². The highest BCUT2D eigenvalue weighted by molar-refractivity contribution is 7.91. The van der Waals surface area contributed by atoms with E-state index in [4.69, 9.17) is 0 Å². The Morgan fingerprint density at radius 1 is 1.27 bits per heavy atom. The van der Waals surface area contributed by atoms with Crippen LogP contribution in [0.15, 0.2) is 35.8 Å². The number of hydrogen-bond donors (Lipinski definition) is 2. The molecule has 2 aliphatic carbocycles. The summed E-state index contributed by atoms with van der Waals surface area (Å²) in [7, 11) is -3.35. The molecule has 0 amide bonds. The Labute approximate surface area is 132 Å². The lowest BCUT2D eigenvalue weighted by Gasteiger charge is -2.37. The third kappa shape index (κ3) is 2.20. The first kappa shape index (κ1) is 14.3. The molecule has 0 aromatic carbocycles. The van der Waals surface area contributed by atoms with Gasteiger partial charge < -0.3 is 10.2 Å². The Balaban J connectivity index is 1.63. The highest BCUT2D eigenvalue weighted by Crippen LogP contribution is 2.50. The van der Waals surface area contributed by atoms with Gasteiger partial charge in [-0.3, -0.25) is 0 Å². The van der Waals surface area contributed by atoms with Crippen LogP contribution in [0.2, 0.25) is 0 Å². The molecular weight excluding hydrogens is 298 g/mol. The molecule has 0 spiro atoms. The minimum atomic E-state index is -3.35. The van der Waals surface area contributed by atoms with E-state index in [2.05, 4.69) is 22.2 Å². The van der Waals surface area contributed by atoms with Crippen molar-refractivity contribution in [2.24, 2.45) is 0 Å². The second-order valence-corrected chi connectivity index (χ2v) is 8.68. The minimum absolute atomic E-state index is 0.133. The molecular formula is C16H23N3O2S. The van der Waals surface area contributed by atoms with Gasteiger partial charge in [-0.2, -0.15) is 0 Å². The van der Waals surface area contributed by atoms with Crippen LogP contribution in [0.1, 0.15) is 44.9 Å². The van der Waals surface area contributed by atoms with E-state index in [0.29, 0.717) is 12.8 Å². The van der Waals surface area contributed by atoms with E-state index < -0.39 is 14.9 Å². The molecule has 4 rings (SSSR count). The molecule has 0 saturated heterocycles. The topological polar surface area (TPSA) is 61.4 Å². The zero-order chi connectivity index (χ0) is 15.2. The van der Waals surface area contributed by atoms with Crippen LogP contribution in [0.25, 0.3) is 0 Å². The molecule has 120 valence electrons. The van der Waals surface area contributed by atoms with Crippen molar-refractivity contribution in [3.8, 4) is 0 Å². The number of allylic oxidation sites excluding steroid dienone is 2. The van der Waals surface area contributed by atoms with Gasteiger partial charge in [0.1, 0.15) is 0 Å². The Kier molecular flexibility index (Phi) is 3.34. The third-order valence-corrected chi connectivity index (χ3v) is 7.41. The second kappa shape index (κ2) is 5.13. The number of dihydropyridines is 1. The van der Waals surface area contributed by atoms with E-state index in [1.807, 2.05) is 17.3 Å². The molecule has 4 aliphatic rings. The Morgan fingerprint density at radius 3 is 2.77 bits per heavy atom. The van der Waals surface area contributed by atoms with Crippen molar-refractivity contribution in [3.05, 3.63) is 35.8 Å². The predicted molar refractivity (Wildman–Crippen MR) is 86.0 cm³/mol. The van der Waals surface area contributed by atoms with Gasteiger partial charge in [0.15, 0.2) is 4.87 Å². The van der Waals surface area contributed by atoms with Crippen molar-refractivity contribution < 1.29 is 8.42 Å². The van der Waals surface area contributed by atoms with Gasteiger partial charge >= 0.3 is 0 Å².